The van der Waals surface area contributed by atoms with Gasteiger partial charge >= 0.3 is 0 Å². The predicted octanol–water partition coefficient (Wildman–Crippen LogP) is 2.36. The quantitative estimate of drug-likeness (QED) is 0.730. The van der Waals surface area contributed by atoms with E-state index in [4.69, 9.17) is 16.3 Å². The van der Waals surface area contributed by atoms with Crippen LogP contribution in [-0.4, -0.2) is 45.8 Å². The first-order chi connectivity index (χ1) is 15.4. The van der Waals surface area contributed by atoms with Crippen LogP contribution in [-0.2, 0) is 17.7 Å². The SMILES string of the molecule is O=C(NCc1cccc(Cl)c1F)c1c2n3c(c(O)c1=O)C(=O)N1CCCCOC1C3CC2. The summed E-state index contributed by atoms with van der Waals surface area (Å²) in [5.41, 5.74) is -0.672. The Morgan fingerprint density at radius 1 is 1.31 bits per heavy atom. The van der Waals surface area contributed by atoms with Crippen molar-refractivity contribution in [2.75, 3.05) is 13.2 Å². The first-order valence-electron chi connectivity index (χ1n) is 10.5. The zero-order valence-electron chi connectivity index (χ0n) is 17.1. The second kappa shape index (κ2) is 7.90. The van der Waals surface area contributed by atoms with Gasteiger partial charge in [-0.15, -0.1) is 0 Å². The molecule has 1 fully saturated rings. The number of fused-ring (bicyclic) bond motifs is 2. The minimum absolute atomic E-state index is 0.0730. The molecule has 3 aliphatic heterocycles. The topological polar surface area (TPSA) is 101 Å². The number of ether oxygens (including phenoxy) is 1. The average Bonchev–Trinajstić information content (AvgIpc) is 3.03. The molecule has 4 heterocycles. The van der Waals surface area contributed by atoms with Gasteiger partial charge in [0.1, 0.15) is 11.4 Å². The Hall–Kier alpha value is -2.91. The summed E-state index contributed by atoms with van der Waals surface area (Å²) < 4.78 is 21.7. The molecule has 2 amide bonds. The van der Waals surface area contributed by atoms with Crippen LogP contribution in [0.1, 0.15) is 57.4 Å². The summed E-state index contributed by atoms with van der Waals surface area (Å²) in [5, 5.41) is 13.1. The lowest BCUT2D eigenvalue weighted by molar-refractivity contribution is -0.0685. The normalized spacial score (nSPS) is 21.7. The number of pyridine rings is 1. The number of hydrogen-bond donors (Lipinski definition) is 2. The number of aromatic nitrogens is 1. The second-order valence-electron chi connectivity index (χ2n) is 8.19. The van der Waals surface area contributed by atoms with Crippen molar-refractivity contribution < 1.29 is 23.8 Å². The minimum Gasteiger partial charge on any atom is -0.503 e. The van der Waals surface area contributed by atoms with Crippen molar-refractivity contribution in [3.05, 3.63) is 61.8 Å². The maximum absolute atomic E-state index is 14.2. The largest absolute Gasteiger partial charge is 0.503 e. The zero-order valence-corrected chi connectivity index (χ0v) is 17.8. The zero-order chi connectivity index (χ0) is 22.6. The Morgan fingerprint density at radius 2 is 2.12 bits per heavy atom. The lowest BCUT2D eigenvalue weighted by Gasteiger charge is -2.40. The molecule has 8 nitrogen and oxygen atoms in total. The molecule has 1 aromatic heterocycles. The number of amides is 2. The van der Waals surface area contributed by atoms with Crippen LogP contribution in [0.25, 0.3) is 0 Å². The Bertz CT molecular complexity index is 1200. The third-order valence-electron chi connectivity index (χ3n) is 6.38. The third kappa shape index (κ3) is 3.10. The van der Waals surface area contributed by atoms with Gasteiger partial charge in [0.2, 0.25) is 5.43 Å². The number of rotatable bonds is 3. The minimum atomic E-state index is -0.904. The van der Waals surface area contributed by atoms with E-state index in [9.17, 15) is 23.9 Å². The molecule has 168 valence electrons. The molecular formula is C22H21ClFN3O5. The van der Waals surface area contributed by atoms with Crippen LogP contribution < -0.4 is 10.7 Å². The second-order valence-corrected chi connectivity index (χ2v) is 8.59. The number of nitrogens with zero attached hydrogens (tertiary/aromatic N) is 2. The number of aromatic hydroxyl groups is 1. The van der Waals surface area contributed by atoms with Crippen LogP contribution >= 0.6 is 11.6 Å². The van der Waals surface area contributed by atoms with Crippen molar-refractivity contribution in [3.8, 4) is 5.75 Å². The van der Waals surface area contributed by atoms with E-state index in [1.807, 2.05) is 0 Å². The fourth-order valence-electron chi connectivity index (χ4n) is 4.89. The van der Waals surface area contributed by atoms with E-state index in [1.165, 1.54) is 12.1 Å². The molecule has 2 atom stereocenters. The van der Waals surface area contributed by atoms with E-state index in [0.717, 1.165) is 12.8 Å². The maximum atomic E-state index is 14.2. The molecule has 2 aromatic rings. The maximum Gasteiger partial charge on any atom is 0.276 e. The van der Waals surface area contributed by atoms with Gasteiger partial charge in [0.25, 0.3) is 11.8 Å². The van der Waals surface area contributed by atoms with E-state index >= 15 is 0 Å². The fraction of sp³-hybridized carbons (Fsp3) is 0.409. The van der Waals surface area contributed by atoms with E-state index in [-0.39, 0.29) is 34.4 Å². The average molecular weight is 462 g/mol. The van der Waals surface area contributed by atoms with Gasteiger partial charge in [-0.2, -0.15) is 0 Å². The molecule has 1 aromatic carbocycles. The highest BCUT2D eigenvalue weighted by atomic mass is 35.5. The van der Waals surface area contributed by atoms with Gasteiger partial charge in [0.15, 0.2) is 17.7 Å². The molecule has 0 aliphatic carbocycles. The van der Waals surface area contributed by atoms with Crippen molar-refractivity contribution in [1.29, 1.82) is 0 Å². The van der Waals surface area contributed by atoms with Crippen LogP contribution in [0, 0.1) is 5.82 Å². The van der Waals surface area contributed by atoms with Gasteiger partial charge < -0.3 is 24.6 Å². The lowest BCUT2D eigenvalue weighted by atomic mass is 10.1. The van der Waals surface area contributed by atoms with E-state index in [0.29, 0.717) is 31.7 Å². The summed E-state index contributed by atoms with van der Waals surface area (Å²) >= 11 is 5.78. The van der Waals surface area contributed by atoms with Crippen molar-refractivity contribution in [3.63, 3.8) is 0 Å². The number of halogens is 2. The molecule has 0 radical (unpaired) electrons. The van der Waals surface area contributed by atoms with Gasteiger partial charge in [-0.3, -0.25) is 14.4 Å². The number of carbonyl (C=O) groups is 2. The van der Waals surface area contributed by atoms with Gasteiger partial charge in [0.05, 0.1) is 11.1 Å². The lowest BCUT2D eigenvalue weighted by Crippen LogP contribution is -2.52. The van der Waals surface area contributed by atoms with Crippen LogP contribution in [0.2, 0.25) is 5.02 Å². The Kier molecular flexibility index (Phi) is 5.17. The number of nitrogens with one attached hydrogen (secondary N) is 1. The molecule has 32 heavy (non-hydrogen) atoms. The summed E-state index contributed by atoms with van der Waals surface area (Å²) in [7, 11) is 0. The van der Waals surface area contributed by atoms with Crippen molar-refractivity contribution in [2.45, 2.75) is 44.5 Å². The fourth-order valence-corrected chi connectivity index (χ4v) is 5.08. The van der Waals surface area contributed by atoms with Crippen LogP contribution in [0.5, 0.6) is 5.75 Å². The van der Waals surface area contributed by atoms with Gasteiger partial charge in [-0.1, -0.05) is 23.7 Å². The molecule has 2 unspecified atom stereocenters. The monoisotopic (exact) mass is 461 g/mol. The molecular weight excluding hydrogens is 441 g/mol. The molecule has 1 saturated heterocycles. The Morgan fingerprint density at radius 3 is 2.94 bits per heavy atom. The van der Waals surface area contributed by atoms with Gasteiger partial charge in [0, 0.05) is 31.0 Å². The molecule has 5 rings (SSSR count). The van der Waals surface area contributed by atoms with Crippen molar-refractivity contribution in [1.82, 2.24) is 14.8 Å². The summed E-state index contributed by atoms with van der Waals surface area (Å²) in [6.45, 7) is 0.811. The van der Waals surface area contributed by atoms with E-state index < -0.39 is 35.0 Å². The van der Waals surface area contributed by atoms with E-state index in [1.54, 1.807) is 15.5 Å². The van der Waals surface area contributed by atoms with Gasteiger partial charge in [-0.05, 0) is 31.7 Å². The van der Waals surface area contributed by atoms with Crippen LogP contribution in [0.4, 0.5) is 4.39 Å². The predicted molar refractivity (Wildman–Crippen MR) is 112 cm³/mol. The molecule has 0 spiro atoms. The standard InChI is InChI=1S/C22H21ClFN3O5/c23-12-5-3-4-11(16(12)24)10-25-20(30)15-13-6-7-14-22-26(8-1-2-9-32-22)21(31)17(27(13)14)19(29)18(15)28/h3-5,14,22,29H,1-2,6-10H2,(H,25,30). The molecule has 10 heteroatoms. The summed E-state index contributed by atoms with van der Waals surface area (Å²) in [4.78, 5) is 40.6. The highest BCUT2D eigenvalue weighted by Gasteiger charge is 2.47. The van der Waals surface area contributed by atoms with Gasteiger partial charge in [-0.25, -0.2) is 4.39 Å². The molecule has 2 N–H and O–H groups in total. The number of carbonyl (C=O) groups excluding carboxylic acids is 2. The highest BCUT2D eigenvalue weighted by molar-refractivity contribution is 6.30. The first-order valence-corrected chi connectivity index (χ1v) is 10.9. The first kappa shape index (κ1) is 21.0. The smallest absolute Gasteiger partial charge is 0.276 e. The van der Waals surface area contributed by atoms with Crippen LogP contribution in [0.15, 0.2) is 23.0 Å². The number of hydrogen-bond acceptors (Lipinski definition) is 5. The van der Waals surface area contributed by atoms with Crippen molar-refractivity contribution >= 4 is 23.4 Å². The summed E-state index contributed by atoms with van der Waals surface area (Å²) in [6, 6.07) is 4.14. The summed E-state index contributed by atoms with van der Waals surface area (Å²) in [5.74, 6) is -2.61. The third-order valence-corrected chi connectivity index (χ3v) is 6.67. The van der Waals surface area contributed by atoms with Crippen molar-refractivity contribution in [2.24, 2.45) is 0 Å². The summed E-state index contributed by atoms with van der Waals surface area (Å²) in [6.07, 6.45) is 2.02. The molecule has 0 bridgehead atoms. The Labute approximate surface area is 187 Å². The molecule has 0 saturated carbocycles. The molecule has 3 aliphatic rings. The highest BCUT2D eigenvalue weighted by Crippen LogP contribution is 2.41. The number of benzene rings is 1. The Balaban J connectivity index is 1.54. The van der Waals surface area contributed by atoms with E-state index in [2.05, 4.69) is 5.32 Å². The van der Waals surface area contributed by atoms with Crippen LogP contribution in [0.3, 0.4) is 0 Å².